The molecule has 0 N–H and O–H groups in total. The van der Waals surface area contributed by atoms with Crippen LogP contribution in [0.2, 0.25) is 0 Å². The molecule has 0 saturated heterocycles. The van der Waals surface area contributed by atoms with Crippen molar-refractivity contribution in [3.8, 4) is 0 Å². The second-order valence-electron chi connectivity index (χ2n) is 3.56. The van der Waals surface area contributed by atoms with Gasteiger partial charge in [0, 0.05) is 5.56 Å². The average molecular weight is 188 g/mol. The highest BCUT2D eigenvalue weighted by Crippen LogP contribution is 2.17. The van der Waals surface area contributed by atoms with Gasteiger partial charge in [0.25, 0.3) is 0 Å². The Hall–Kier alpha value is -1.57. The minimum Gasteiger partial charge on any atom is -0.461 e. The van der Waals surface area contributed by atoms with Gasteiger partial charge in [-0.3, -0.25) is 4.79 Å². The van der Waals surface area contributed by atoms with E-state index in [-0.39, 0.29) is 5.43 Å². The number of hydrogen-bond donors (Lipinski definition) is 0. The van der Waals surface area contributed by atoms with Gasteiger partial charge in [0.15, 0.2) is 5.43 Å². The molecular weight excluding hydrogens is 176 g/mol. The molecule has 1 aromatic carbocycles. The smallest absolute Gasteiger partial charge is 0.195 e. The third-order valence-electron chi connectivity index (χ3n) is 2.58. The Balaban J connectivity index is 3.06. The molecule has 0 radical (unpaired) electrons. The Morgan fingerprint density at radius 3 is 2.57 bits per heavy atom. The van der Waals surface area contributed by atoms with Crippen molar-refractivity contribution in [1.82, 2.24) is 0 Å². The summed E-state index contributed by atoms with van der Waals surface area (Å²) in [6.45, 7) is 5.56. The number of hydrogen-bond acceptors (Lipinski definition) is 2. The highest BCUT2D eigenvalue weighted by Gasteiger charge is 2.08. The molecule has 0 aliphatic carbocycles. The first-order valence-electron chi connectivity index (χ1n) is 4.61. The van der Waals surface area contributed by atoms with E-state index in [4.69, 9.17) is 4.42 Å². The van der Waals surface area contributed by atoms with E-state index in [0.29, 0.717) is 22.3 Å². The number of para-hydroxylation sites is 1. The van der Waals surface area contributed by atoms with Crippen molar-refractivity contribution in [2.45, 2.75) is 20.8 Å². The lowest BCUT2D eigenvalue weighted by Crippen LogP contribution is -2.07. The quantitative estimate of drug-likeness (QED) is 0.636. The number of aryl methyl sites for hydroxylation is 2. The topological polar surface area (TPSA) is 30.2 Å². The predicted octanol–water partition coefficient (Wildman–Crippen LogP) is 2.72. The molecule has 0 amide bonds. The lowest BCUT2D eigenvalue weighted by molar-refractivity contribution is 0.556. The van der Waals surface area contributed by atoms with Gasteiger partial charge in [0.1, 0.15) is 11.3 Å². The molecule has 0 bridgehead atoms. The van der Waals surface area contributed by atoms with Crippen LogP contribution in [0.25, 0.3) is 11.0 Å². The lowest BCUT2D eigenvalue weighted by atomic mass is 10.1. The zero-order valence-electron chi connectivity index (χ0n) is 8.55. The van der Waals surface area contributed by atoms with Gasteiger partial charge in [-0.05, 0) is 32.4 Å². The predicted molar refractivity (Wildman–Crippen MR) is 56.7 cm³/mol. The summed E-state index contributed by atoms with van der Waals surface area (Å²) in [5, 5.41) is 0.674. The Labute approximate surface area is 82.2 Å². The molecule has 1 aromatic heterocycles. The fourth-order valence-corrected chi connectivity index (χ4v) is 1.56. The van der Waals surface area contributed by atoms with Gasteiger partial charge < -0.3 is 4.42 Å². The summed E-state index contributed by atoms with van der Waals surface area (Å²) in [5.74, 6) is 0.705. The van der Waals surface area contributed by atoms with E-state index in [9.17, 15) is 4.79 Å². The number of fused-ring (bicyclic) bond motifs is 1. The zero-order chi connectivity index (χ0) is 10.3. The van der Waals surface area contributed by atoms with Crippen molar-refractivity contribution >= 4 is 11.0 Å². The first-order valence-corrected chi connectivity index (χ1v) is 4.61. The third-order valence-corrected chi connectivity index (χ3v) is 2.58. The fourth-order valence-electron chi connectivity index (χ4n) is 1.56. The molecule has 72 valence electrons. The van der Waals surface area contributed by atoms with Crippen LogP contribution in [-0.2, 0) is 0 Å². The van der Waals surface area contributed by atoms with Crippen LogP contribution in [0.5, 0.6) is 0 Å². The van der Waals surface area contributed by atoms with E-state index in [1.165, 1.54) is 0 Å². The molecule has 2 nitrogen and oxygen atoms in total. The van der Waals surface area contributed by atoms with Gasteiger partial charge in [-0.2, -0.15) is 0 Å². The van der Waals surface area contributed by atoms with Crippen molar-refractivity contribution in [1.29, 1.82) is 0 Å². The molecule has 0 aliphatic heterocycles. The van der Waals surface area contributed by atoms with E-state index in [2.05, 4.69) is 0 Å². The molecule has 0 fully saturated rings. The first kappa shape index (κ1) is 9.00. The highest BCUT2D eigenvalue weighted by atomic mass is 16.3. The van der Waals surface area contributed by atoms with E-state index < -0.39 is 0 Å². The van der Waals surface area contributed by atoms with E-state index >= 15 is 0 Å². The maximum atomic E-state index is 11.8. The summed E-state index contributed by atoms with van der Waals surface area (Å²) in [6.07, 6.45) is 0. The van der Waals surface area contributed by atoms with Crippen LogP contribution in [0.15, 0.2) is 27.4 Å². The minimum absolute atomic E-state index is 0.0763. The van der Waals surface area contributed by atoms with Crippen LogP contribution in [-0.4, -0.2) is 0 Å². The second kappa shape index (κ2) is 2.98. The Morgan fingerprint density at radius 2 is 1.86 bits per heavy atom. The van der Waals surface area contributed by atoms with E-state index in [1.54, 1.807) is 13.0 Å². The molecule has 2 aromatic rings. The fraction of sp³-hybridized carbons (Fsp3) is 0.250. The Bertz CT molecular complexity index is 550. The summed E-state index contributed by atoms with van der Waals surface area (Å²) >= 11 is 0. The number of benzene rings is 1. The highest BCUT2D eigenvalue weighted by molar-refractivity contribution is 5.80. The van der Waals surface area contributed by atoms with Crippen LogP contribution in [0.4, 0.5) is 0 Å². The minimum atomic E-state index is 0.0763. The van der Waals surface area contributed by atoms with Crippen molar-refractivity contribution in [2.75, 3.05) is 0 Å². The normalized spacial score (nSPS) is 10.8. The van der Waals surface area contributed by atoms with E-state index in [0.717, 1.165) is 5.56 Å². The monoisotopic (exact) mass is 188 g/mol. The molecule has 2 heteroatoms. The molecule has 14 heavy (non-hydrogen) atoms. The van der Waals surface area contributed by atoms with Gasteiger partial charge in [-0.1, -0.05) is 12.1 Å². The first-order chi connectivity index (χ1) is 6.61. The van der Waals surface area contributed by atoms with Crippen molar-refractivity contribution < 1.29 is 4.42 Å². The zero-order valence-corrected chi connectivity index (χ0v) is 8.55. The maximum Gasteiger partial charge on any atom is 0.195 e. The summed E-state index contributed by atoms with van der Waals surface area (Å²) in [6, 6.07) is 5.63. The lowest BCUT2D eigenvalue weighted by Gasteiger charge is -2.04. The van der Waals surface area contributed by atoms with Gasteiger partial charge in [0.05, 0.1) is 5.39 Å². The maximum absolute atomic E-state index is 11.8. The third kappa shape index (κ3) is 1.15. The second-order valence-corrected chi connectivity index (χ2v) is 3.56. The van der Waals surface area contributed by atoms with Gasteiger partial charge in [-0.25, -0.2) is 0 Å². The van der Waals surface area contributed by atoms with Crippen molar-refractivity contribution in [2.24, 2.45) is 0 Å². The molecule has 0 atom stereocenters. The summed E-state index contributed by atoms with van der Waals surface area (Å²) in [4.78, 5) is 11.8. The van der Waals surface area contributed by atoms with Crippen molar-refractivity contribution in [3.63, 3.8) is 0 Å². The molecule has 0 spiro atoms. The molecular formula is C12H12O2. The standard InChI is InChI=1S/C12H12O2/c1-7-5-4-6-10-11(13)8(2)9(3)14-12(7)10/h4-6H,1-3H3. The Kier molecular flexibility index (Phi) is 1.92. The van der Waals surface area contributed by atoms with Crippen LogP contribution in [0.3, 0.4) is 0 Å². The Morgan fingerprint density at radius 1 is 1.14 bits per heavy atom. The average Bonchev–Trinajstić information content (AvgIpc) is 2.17. The summed E-state index contributed by atoms with van der Waals surface area (Å²) in [5.41, 5.74) is 2.49. The molecule has 0 unspecified atom stereocenters. The van der Waals surface area contributed by atoms with Crippen LogP contribution in [0, 0.1) is 20.8 Å². The largest absolute Gasteiger partial charge is 0.461 e. The van der Waals surface area contributed by atoms with Gasteiger partial charge >= 0.3 is 0 Å². The molecule has 2 rings (SSSR count). The van der Waals surface area contributed by atoms with Crippen LogP contribution >= 0.6 is 0 Å². The summed E-state index contributed by atoms with van der Waals surface area (Å²) < 4.78 is 5.60. The molecule has 1 heterocycles. The van der Waals surface area contributed by atoms with Crippen LogP contribution < -0.4 is 5.43 Å². The van der Waals surface area contributed by atoms with Gasteiger partial charge in [0.2, 0.25) is 0 Å². The molecule has 0 saturated carbocycles. The van der Waals surface area contributed by atoms with Crippen molar-refractivity contribution in [3.05, 3.63) is 45.3 Å². The SMILES string of the molecule is Cc1oc2c(C)cccc2c(=O)c1C. The van der Waals surface area contributed by atoms with Crippen LogP contribution in [0.1, 0.15) is 16.9 Å². The molecule has 0 aliphatic rings. The number of rotatable bonds is 0. The van der Waals surface area contributed by atoms with Gasteiger partial charge in [-0.15, -0.1) is 0 Å². The van der Waals surface area contributed by atoms with E-state index in [1.807, 2.05) is 26.0 Å². The summed E-state index contributed by atoms with van der Waals surface area (Å²) in [7, 11) is 0.